The van der Waals surface area contributed by atoms with Gasteiger partial charge in [-0.15, -0.1) is 0 Å². The highest BCUT2D eigenvalue weighted by atomic mass is 79.9. The Labute approximate surface area is 125 Å². The molecule has 1 amide bonds. The first-order valence-corrected chi connectivity index (χ1v) is 7.23. The second kappa shape index (κ2) is 5.02. The Morgan fingerprint density at radius 1 is 1.10 bits per heavy atom. The maximum atomic E-state index is 13.0. The summed E-state index contributed by atoms with van der Waals surface area (Å²) in [5, 5.41) is 2.95. The Balaban J connectivity index is 1.84. The van der Waals surface area contributed by atoms with E-state index in [4.69, 9.17) is 0 Å². The molecule has 0 atom stereocenters. The van der Waals surface area contributed by atoms with Gasteiger partial charge in [0.05, 0.1) is 11.1 Å². The summed E-state index contributed by atoms with van der Waals surface area (Å²) < 4.78 is 13.8. The van der Waals surface area contributed by atoms with Crippen LogP contribution in [0.4, 0.5) is 10.1 Å². The van der Waals surface area contributed by atoms with Crippen LogP contribution in [0.3, 0.4) is 0 Å². The third kappa shape index (κ3) is 2.36. The van der Waals surface area contributed by atoms with Crippen LogP contribution in [0.25, 0.3) is 0 Å². The number of carbonyl (C=O) groups is 1. The number of rotatable bonds is 3. The average Bonchev–Trinajstić information content (AvgIpc) is 3.24. The summed E-state index contributed by atoms with van der Waals surface area (Å²) in [6, 6.07) is 13.7. The molecule has 0 spiro atoms. The fourth-order valence-corrected chi connectivity index (χ4v) is 2.73. The number of amides is 1. The molecule has 20 heavy (non-hydrogen) atoms. The Bertz CT molecular complexity index is 650. The highest BCUT2D eigenvalue weighted by molar-refractivity contribution is 9.10. The molecule has 0 bridgehead atoms. The Hall–Kier alpha value is -1.68. The van der Waals surface area contributed by atoms with Crippen LogP contribution in [0.1, 0.15) is 18.4 Å². The van der Waals surface area contributed by atoms with E-state index in [-0.39, 0.29) is 11.7 Å². The van der Waals surface area contributed by atoms with Gasteiger partial charge in [-0.05, 0) is 58.6 Å². The summed E-state index contributed by atoms with van der Waals surface area (Å²) in [4.78, 5) is 12.5. The van der Waals surface area contributed by atoms with Crippen LogP contribution in [-0.2, 0) is 10.2 Å². The maximum absolute atomic E-state index is 13.0. The van der Waals surface area contributed by atoms with E-state index in [2.05, 4.69) is 21.2 Å². The number of benzene rings is 2. The van der Waals surface area contributed by atoms with Crippen molar-refractivity contribution in [3.63, 3.8) is 0 Å². The molecule has 2 aromatic carbocycles. The summed E-state index contributed by atoms with van der Waals surface area (Å²) in [6.07, 6.45) is 1.60. The topological polar surface area (TPSA) is 29.1 Å². The smallest absolute Gasteiger partial charge is 0.235 e. The van der Waals surface area contributed by atoms with Crippen molar-refractivity contribution in [2.75, 3.05) is 5.32 Å². The van der Waals surface area contributed by atoms with Crippen LogP contribution < -0.4 is 5.32 Å². The molecule has 0 radical (unpaired) electrons. The maximum Gasteiger partial charge on any atom is 0.235 e. The molecule has 1 fully saturated rings. The SMILES string of the molecule is O=C(Nc1ccccc1Br)C1(c2ccc(F)cc2)CC1. The molecule has 1 saturated carbocycles. The first-order chi connectivity index (χ1) is 9.62. The average molecular weight is 334 g/mol. The van der Waals surface area contributed by atoms with E-state index in [1.807, 2.05) is 24.3 Å². The first-order valence-electron chi connectivity index (χ1n) is 6.44. The first kappa shape index (κ1) is 13.3. The van der Waals surface area contributed by atoms with E-state index in [0.717, 1.165) is 28.6 Å². The summed E-state index contributed by atoms with van der Waals surface area (Å²) in [5.74, 6) is -0.313. The van der Waals surface area contributed by atoms with E-state index in [1.54, 1.807) is 12.1 Å². The molecule has 0 unspecified atom stereocenters. The van der Waals surface area contributed by atoms with Gasteiger partial charge >= 0.3 is 0 Å². The van der Waals surface area contributed by atoms with Crippen LogP contribution in [0.15, 0.2) is 53.0 Å². The predicted molar refractivity (Wildman–Crippen MR) is 80.1 cm³/mol. The molecule has 2 nitrogen and oxygen atoms in total. The third-order valence-corrected chi connectivity index (χ3v) is 4.40. The number of anilines is 1. The predicted octanol–water partition coefficient (Wildman–Crippen LogP) is 4.26. The van der Waals surface area contributed by atoms with Crippen LogP contribution in [0.2, 0.25) is 0 Å². The van der Waals surface area contributed by atoms with Crippen LogP contribution in [0, 0.1) is 5.82 Å². The molecule has 0 aromatic heterocycles. The monoisotopic (exact) mass is 333 g/mol. The van der Waals surface area contributed by atoms with Gasteiger partial charge in [-0.25, -0.2) is 4.39 Å². The highest BCUT2D eigenvalue weighted by Crippen LogP contribution is 2.49. The molecule has 1 aliphatic rings. The van der Waals surface area contributed by atoms with Crippen LogP contribution in [-0.4, -0.2) is 5.91 Å². The largest absolute Gasteiger partial charge is 0.324 e. The van der Waals surface area contributed by atoms with Crippen molar-refractivity contribution in [1.29, 1.82) is 0 Å². The Morgan fingerprint density at radius 2 is 1.75 bits per heavy atom. The zero-order valence-corrected chi connectivity index (χ0v) is 12.3. The van der Waals surface area contributed by atoms with E-state index >= 15 is 0 Å². The Kier molecular flexibility index (Phi) is 3.34. The lowest BCUT2D eigenvalue weighted by molar-refractivity contribution is -0.118. The highest BCUT2D eigenvalue weighted by Gasteiger charge is 2.51. The van der Waals surface area contributed by atoms with Gasteiger partial charge in [0.25, 0.3) is 0 Å². The number of carbonyl (C=O) groups excluding carboxylic acids is 1. The fourth-order valence-electron chi connectivity index (χ4n) is 2.35. The van der Waals surface area contributed by atoms with Gasteiger partial charge < -0.3 is 5.32 Å². The van der Waals surface area contributed by atoms with Crippen molar-refractivity contribution < 1.29 is 9.18 Å². The Morgan fingerprint density at radius 3 is 2.35 bits per heavy atom. The molecule has 3 rings (SSSR count). The number of halogens is 2. The number of hydrogen-bond donors (Lipinski definition) is 1. The standard InChI is InChI=1S/C16H13BrFNO/c17-13-3-1-2-4-14(13)19-15(20)16(9-10-16)11-5-7-12(18)8-6-11/h1-8H,9-10H2,(H,19,20). The van der Waals surface area contributed by atoms with Crippen molar-refractivity contribution in [2.45, 2.75) is 18.3 Å². The molecule has 2 aromatic rings. The summed E-state index contributed by atoms with van der Waals surface area (Å²) in [5.41, 5.74) is 1.14. The molecular formula is C16H13BrFNO. The quantitative estimate of drug-likeness (QED) is 0.893. The summed E-state index contributed by atoms with van der Waals surface area (Å²) in [7, 11) is 0. The van der Waals surface area contributed by atoms with E-state index in [9.17, 15) is 9.18 Å². The minimum atomic E-state index is -0.497. The van der Waals surface area contributed by atoms with E-state index < -0.39 is 5.41 Å². The lowest BCUT2D eigenvalue weighted by Gasteiger charge is -2.16. The van der Waals surface area contributed by atoms with Crippen molar-refractivity contribution in [3.05, 3.63) is 64.4 Å². The van der Waals surface area contributed by atoms with Gasteiger partial charge in [-0.2, -0.15) is 0 Å². The van der Waals surface area contributed by atoms with Crippen molar-refractivity contribution in [1.82, 2.24) is 0 Å². The van der Waals surface area contributed by atoms with E-state index in [1.165, 1.54) is 12.1 Å². The number of hydrogen-bond acceptors (Lipinski definition) is 1. The van der Waals surface area contributed by atoms with Crippen molar-refractivity contribution >= 4 is 27.5 Å². The molecule has 0 heterocycles. The molecule has 0 saturated heterocycles. The summed E-state index contributed by atoms with van der Waals surface area (Å²) >= 11 is 3.41. The lowest BCUT2D eigenvalue weighted by Crippen LogP contribution is -2.27. The molecule has 4 heteroatoms. The molecule has 1 N–H and O–H groups in total. The third-order valence-electron chi connectivity index (χ3n) is 3.70. The normalized spacial score (nSPS) is 15.7. The van der Waals surface area contributed by atoms with Crippen molar-refractivity contribution in [3.8, 4) is 0 Å². The van der Waals surface area contributed by atoms with Gasteiger partial charge in [0.1, 0.15) is 5.82 Å². The second-order valence-electron chi connectivity index (χ2n) is 5.02. The van der Waals surface area contributed by atoms with Gasteiger partial charge in [-0.3, -0.25) is 4.79 Å². The number of nitrogens with one attached hydrogen (secondary N) is 1. The molecular weight excluding hydrogens is 321 g/mol. The van der Waals surface area contributed by atoms with Crippen molar-refractivity contribution in [2.24, 2.45) is 0 Å². The molecule has 0 aliphatic heterocycles. The fraction of sp³-hybridized carbons (Fsp3) is 0.188. The molecule has 1 aliphatic carbocycles. The van der Waals surface area contributed by atoms with Gasteiger partial charge in [0.2, 0.25) is 5.91 Å². The van der Waals surface area contributed by atoms with Gasteiger partial charge in [-0.1, -0.05) is 24.3 Å². The van der Waals surface area contributed by atoms with Gasteiger partial charge in [0.15, 0.2) is 0 Å². The minimum absolute atomic E-state index is 0.0315. The number of para-hydroxylation sites is 1. The zero-order chi connectivity index (χ0) is 14.2. The minimum Gasteiger partial charge on any atom is -0.324 e. The zero-order valence-electron chi connectivity index (χ0n) is 10.7. The second-order valence-corrected chi connectivity index (χ2v) is 5.88. The van der Waals surface area contributed by atoms with E-state index in [0.29, 0.717) is 0 Å². The van der Waals surface area contributed by atoms with Crippen LogP contribution in [0.5, 0.6) is 0 Å². The lowest BCUT2D eigenvalue weighted by atomic mass is 9.95. The molecule has 102 valence electrons. The van der Waals surface area contributed by atoms with Crippen LogP contribution >= 0.6 is 15.9 Å². The summed E-state index contributed by atoms with van der Waals surface area (Å²) in [6.45, 7) is 0. The van der Waals surface area contributed by atoms with Gasteiger partial charge in [0, 0.05) is 4.47 Å².